The van der Waals surface area contributed by atoms with Crippen LogP contribution in [0.1, 0.15) is 43.0 Å². The average molecular weight is 313 g/mol. The molecule has 2 N–H and O–H groups in total. The molecule has 1 aliphatic rings. The summed E-state index contributed by atoms with van der Waals surface area (Å²) in [6.07, 6.45) is 7.44. The maximum Gasteiger partial charge on any atom is 0.315 e. The predicted molar refractivity (Wildman–Crippen MR) is 86.5 cm³/mol. The summed E-state index contributed by atoms with van der Waals surface area (Å²) in [4.78, 5) is 17.7. The fraction of sp³-hybridized carbons (Fsp3) is 0.714. The number of amides is 2. The normalized spacial score (nSPS) is 22.8. The van der Waals surface area contributed by atoms with Crippen LogP contribution in [-0.2, 0) is 5.54 Å². The van der Waals surface area contributed by atoms with Gasteiger partial charge in [-0.05, 0) is 39.9 Å². The predicted octanol–water partition coefficient (Wildman–Crippen LogP) is 3.27. The van der Waals surface area contributed by atoms with Crippen LogP contribution in [0.4, 0.5) is 4.79 Å². The maximum absolute atomic E-state index is 12.2. The lowest BCUT2D eigenvalue weighted by molar-refractivity contribution is 0.226. The highest BCUT2D eigenvalue weighted by atomic mass is 32.2. The number of carbonyl (C=O) groups excluding carboxylic acids is 1. The van der Waals surface area contributed by atoms with Crippen LogP contribution < -0.4 is 10.6 Å². The Labute approximate surface area is 129 Å². The van der Waals surface area contributed by atoms with Crippen molar-refractivity contribution < 1.29 is 4.79 Å². The average Bonchev–Trinajstić information content (AvgIpc) is 2.97. The van der Waals surface area contributed by atoms with E-state index in [9.17, 15) is 4.79 Å². The van der Waals surface area contributed by atoms with Gasteiger partial charge in [0.25, 0.3) is 0 Å². The third-order valence-electron chi connectivity index (χ3n) is 3.65. The molecule has 0 spiro atoms. The molecule has 2 rings (SSSR count). The van der Waals surface area contributed by atoms with Gasteiger partial charge in [0.05, 0.1) is 5.54 Å². The second-order valence-corrected chi connectivity index (χ2v) is 8.12. The van der Waals surface area contributed by atoms with Gasteiger partial charge in [-0.2, -0.15) is 11.8 Å². The number of carbonyl (C=O) groups is 1. The fourth-order valence-electron chi connectivity index (χ4n) is 2.56. The number of urea groups is 1. The Morgan fingerprint density at radius 3 is 2.85 bits per heavy atom. The topological polar surface area (TPSA) is 54.0 Å². The molecule has 0 saturated heterocycles. The van der Waals surface area contributed by atoms with Gasteiger partial charge in [0.15, 0.2) is 0 Å². The summed E-state index contributed by atoms with van der Waals surface area (Å²) in [6, 6.07) is 0.202. The molecule has 0 aromatic carbocycles. The van der Waals surface area contributed by atoms with Crippen molar-refractivity contribution in [2.75, 3.05) is 6.26 Å². The third kappa shape index (κ3) is 3.67. The number of nitrogens with one attached hydrogen (secondary N) is 2. The number of thioether (sulfide) groups is 1. The molecule has 1 aliphatic carbocycles. The van der Waals surface area contributed by atoms with E-state index >= 15 is 0 Å². The van der Waals surface area contributed by atoms with E-state index in [1.807, 2.05) is 38.7 Å². The zero-order valence-corrected chi connectivity index (χ0v) is 14.2. The monoisotopic (exact) mass is 313 g/mol. The van der Waals surface area contributed by atoms with E-state index in [0.717, 1.165) is 16.3 Å². The summed E-state index contributed by atoms with van der Waals surface area (Å²) in [5.41, 5.74) is -0.434. The van der Waals surface area contributed by atoms with Crippen molar-refractivity contribution >= 4 is 29.1 Å². The Balaban J connectivity index is 1.93. The Bertz CT molecular complexity index is 473. The molecular formula is C14H23N3OS2. The van der Waals surface area contributed by atoms with E-state index in [0.29, 0.717) is 11.3 Å². The minimum Gasteiger partial charge on any atom is -0.334 e. The van der Waals surface area contributed by atoms with E-state index in [-0.39, 0.29) is 6.03 Å². The molecule has 0 aliphatic heterocycles. The highest BCUT2D eigenvalue weighted by molar-refractivity contribution is 7.99. The van der Waals surface area contributed by atoms with Gasteiger partial charge < -0.3 is 10.6 Å². The molecule has 6 heteroatoms. The molecule has 1 heterocycles. The van der Waals surface area contributed by atoms with Gasteiger partial charge in [-0.3, -0.25) is 0 Å². The van der Waals surface area contributed by atoms with E-state index in [4.69, 9.17) is 0 Å². The van der Waals surface area contributed by atoms with Crippen LogP contribution in [0.25, 0.3) is 0 Å². The summed E-state index contributed by atoms with van der Waals surface area (Å²) < 4.78 is 0. The van der Waals surface area contributed by atoms with Crippen molar-refractivity contribution in [3.05, 3.63) is 16.1 Å². The number of nitrogens with zero attached hydrogens (tertiary/aromatic N) is 1. The van der Waals surface area contributed by atoms with Gasteiger partial charge in [0.1, 0.15) is 5.01 Å². The van der Waals surface area contributed by atoms with Crippen LogP contribution in [0.3, 0.4) is 0 Å². The zero-order valence-electron chi connectivity index (χ0n) is 12.5. The summed E-state index contributed by atoms with van der Waals surface area (Å²) >= 11 is 3.47. The molecule has 0 radical (unpaired) electrons. The molecule has 1 fully saturated rings. The van der Waals surface area contributed by atoms with E-state index in [1.54, 1.807) is 11.3 Å². The second kappa shape index (κ2) is 6.35. The van der Waals surface area contributed by atoms with Gasteiger partial charge in [-0.25, -0.2) is 9.78 Å². The SMILES string of the molecule is CS[C@@H]1CCC[C@H]1NC(=O)NC(C)(C)c1ncc(C)s1. The smallest absolute Gasteiger partial charge is 0.315 e. The van der Waals surface area contributed by atoms with Crippen LogP contribution >= 0.6 is 23.1 Å². The second-order valence-electron chi connectivity index (χ2n) is 5.81. The van der Waals surface area contributed by atoms with E-state index in [1.165, 1.54) is 12.8 Å². The number of hydrogen-bond acceptors (Lipinski definition) is 4. The summed E-state index contributed by atoms with van der Waals surface area (Å²) in [7, 11) is 0. The summed E-state index contributed by atoms with van der Waals surface area (Å²) in [5.74, 6) is 0. The van der Waals surface area contributed by atoms with Gasteiger partial charge >= 0.3 is 6.03 Å². The van der Waals surface area contributed by atoms with Crippen LogP contribution in [0.2, 0.25) is 0 Å². The van der Waals surface area contributed by atoms with Crippen molar-refractivity contribution in [2.24, 2.45) is 0 Å². The van der Waals surface area contributed by atoms with Gasteiger partial charge in [0, 0.05) is 22.4 Å². The minimum absolute atomic E-state index is 0.0891. The Morgan fingerprint density at radius 1 is 1.50 bits per heavy atom. The zero-order chi connectivity index (χ0) is 14.8. The van der Waals surface area contributed by atoms with Crippen LogP contribution in [0.15, 0.2) is 6.20 Å². The molecule has 0 bridgehead atoms. The molecule has 0 unspecified atom stereocenters. The lowest BCUT2D eigenvalue weighted by Crippen LogP contribution is -2.50. The van der Waals surface area contributed by atoms with Crippen LogP contribution in [-0.4, -0.2) is 28.6 Å². The first-order chi connectivity index (χ1) is 9.42. The van der Waals surface area contributed by atoms with Crippen LogP contribution in [0, 0.1) is 6.92 Å². The van der Waals surface area contributed by atoms with Crippen molar-refractivity contribution in [1.29, 1.82) is 0 Å². The number of aryl methyl sites for hydroxylation is 1. The largest absolute Gasteiger partial charge is 0.334 e. The summed E-state index contributed by atoms with van der Waals surface area (Å²) in [5, 5.41) is 7.65. The fourth-order valence-corrected chi connectivity index (χ4v) is 4.32. The number of hydrogen-bond donors (Lipinski definition) is 2. The van der Waals surface area contributed by atoms with Gasteiger partial charge in [-0.1, -0.05) is 6.42 Å². The molecule has 1 saturated carbocycles. The standard InChI is InChI=1S/C14H23N3OS2/c1-9-8-15-12(20-9)14(2,3)17-13(18)16-10-6-5-7-11(10)19-4/h8,10-11H,5-7H2,1-4H3,(H2,16,17,18)/t10-,11-/m1/s1. The summed E-state index contributed by atoms with van der Waals surface area (Å²) in [6.45, 7) is 6.01. The minimum atomic E-state index is -0.434. The number of thiazole rings is 1. The maximum atomic E-state index is 12.2. The molecule has 20 heavy (non-hydrogen) atoms. The number of rotatable bonds is 4. The van der Waals surface area contributed by atoms with Crippen molar-refractivity contribution in [2.45, 2.75) is 56.9 Å². The molecule has 1 aromatic rings. The highest BCUT2D eigenvalue weighted by Gasteiger charge is 2.31. The first-order valence-corrected chi connectivity index (χ1v) is 9.07. The first-order valence-electron chi connectivity index (χ1n) is 6.97. The van der Waals surface area contributed by atoms with Crippen molar-refractivity contribution in [3.63, 3.8) is 0 Å². The lowest BCUT2D eigenvalue weighted by Gasteiger charge is -2.26. The molecule has 4 nitrogen and oxygen atoms in total. The Morgan fingerprint density at radius 2 is 2.25 bits per heavy atom. The van der Waals surface area contributed by atoms with E-state index < -0.39 is 5.54 Å². The molecule has 1 aromatic heterocycles. The van der Waals surface area contributed by atoms with Gasteiger partial charge in [-0.15, -0.1) is 11.3 Å². The highest BCUT2D eigenvalue weighted by Crippen LogP contribution is 2.29. The molecule has 2 atom stereocenters. The quantitative estimate of drug-likeness (QED) is 0.897. The van der Waals surface area contributed by atoms with Crippen molar-refractivity contribution in [3.8, 4) is 0 Å². The lowest BCUT2D eigenvalue weighted by atomic mass is 10.1. The number of aromatic nitrogens is 1. The molecule has 112 valence electrons. The first kappa shape index (κ1) is 15.6. The Hall–Kier alpha value is -0.750. The van der Waals surface area contributed by atoms with Gasteiger partial charge in [0.2, 0.25) is 0 Å². The van der Waals surface area contributed by atoms with Crippen molar-refractivity contribution in [1.82, 2.24) is 15.6 Å². The third-order valence-corrected chi connectivity index (χ3v) is 6.06. The van der Waals surface area contributed by atoms with E-state index in [2.05, 4.69) is 21.9 Å². The Kier molecular flexibility index (Phi) is 4.96. The van der Waals surface area contributed by atoms with Crippen LogP contribution in [0.5, 0.6) is 0 Å². The molecular weight excluding hydrogens is 290 g/mol. The molecule has 2 amide bonds.